The van der Waals surface area contributed by atoms with Crippen LogP contribution in [0.15, 0.2) is 55.0 Å². The molecule has 3 N–H and O–H groups in total. The number of hydrogen-bond acceptors (Lipinski definition) is 6. The van der Waals surface area contributed by atoms with E-state index in [-0.39, 0.29) is 23.9 Å². The third-order valence-corrected chi connectivity index (χ3v) is 5.76. The molecular formula is C22H19F3N6O. The summed E-state index contributed by atoms with van der Waals surface area (Å²) in [4.78, 5) is 12.6. The van der Waals surface area contributed by atoms with Crippen molar-refractivity contribution in [3.8, 4) is 17.1 Å². The summed E-state index contributed by atoms with van der Waals surface area (Å²) >= 11 is 0. The first-order chi connectivity index (χ1) is 15.3. The molecule has 0 saturated heterocycles. The molecule has 3 heterocycles. The van der Waals surface area contributed by atoms with Crippen LogP contribution in [-0.4, -0.2) is 35.9 Å². The molecule has 0 radical (unpaired) electrons. The first-order valence-corrected chi connectivity index (χ1v) is 10.1. The molecule has 0 unspecified atom stereocenters. The zero-order chi connectivity index (χ0) is 22.5. The number of hydrogen-bond donors (Lipinski definition) is 2. The fraction of sp³-hybridized carbons (Fsp3) is 0.273. The van der Waals surface area contributed by atoms with Gasteiger partial charge < -0.3 is 10.8 Å². The molecular weight excluding hydrogens is 421 g/mol. The second-order valence-corrected chi connectivity index (χ2v) is 7.95. The molecule has 1 atom stereocenters. The molecule has 0 spiro atoms. The summed E-state index contributed by atoms with van der Waals surface area (Å²) in [5.74, 6) is 0.225. The molecule has 1 aliphatic carbocycles. The van der Waals surface area contributed by atoms with Crippen LogP contribution in [0.5, 0.6) is 0 Å². The molecule has 164 valence electrons. The maximum atomic E-state index is 13.1. The number of aliphatic hydroxyl groups is 1. The van der Waals surface area contributed by atoms with Crippen molar-refractivity contribution < 1.29 is 18.3 Å². The van der Waals surface area contributed by atoms with Crippen molar-refractivity contribution in [1.82, 2.24) is 24.7 Å². The van der Waals surface area contributed by atoms with Crippen molar-refractivity contribution in [3.63, 3.8) is 0 Å². The van der Waals surface area contributed by atoms with Crippen molar-refractivity contribution >= 4 is 10.9 Å². The second-order valence-electron chi connectivity index (χ2n) is 7.95. The van der Waals surface area contributed by atoms with E-state index in [1.165, 1.54) is 16.8 Å². The van der Waals surface area contributed by atoms with E-state index in [0.29, 0.717) is 29.7 Å². The molecule has 7 nitrogen and oxygen atoms in total. The van der Waals surface area contributed by atoms with Crippen LogP contribution in [0.4, 0.5) is 13.2 Å². The standard InChI is InChI=1S/C22H19F3N6O/c23-22(24,25)19-2-1-3-20(30-19)31-18-8-12(4-5-13(18)9-28-31)16-10-27-11-17(29-16)21(26)14-6-15(32)7-14/h1-5,8-11,14-15,21,32H,6-7,26H2/t14?,15?,21-/m0/s1. The van der Waals surface area contributed by atoms with Gasteiger partial charge in [-0.15, -0.1) is 0 Å². The molecule has 0 bridgehead atoms. The summed E-state index contributed by atoms with van der Waals surface area (Å²) in [6.45, 7) is 0. The SMILES string of the molecule is N[C@H](c1cncc(-c2ccc3cnn(-c4cccc(C(F)(F)F)n4)c3c2)n1)C1CC(O)C1. The molecule has 1 fully saturated rings. The van der Waals surface area contributed by atoms with E-state index in [0.717, 1.165) is 17.0 Å². The minimum absolute atomic E-state index is 0.0670. The van der Waals surface area contributed by atoms with Gasteiger partial charge in [0.25, 0.3) is 0 Å². The Bertz CT molecular complexity index is 1280. The van der Waals surface area contributed by atoms with Crippen molar-refractivity contribution in [2.75, 3.05) is 0 Å². The lowest BCUT2D eigenvalue weighted by molar-refractivity contribution is -0.141. The lowest BCUT2D eigenvalue weighted by Crippen LogP contribution is -2.36. The number of nitrogens with two attached hydrogens (primary N) is 1. The zero-order valence-corrected chi connectivity index (χ0v) is 16.7. The first kappa shape index (κ1) is 20.5. The fourth-order valence-electron chi connectivity index (χ4n) is 3.90. The number of aliphatic hydroxyl groups excluding tert-OH is 1. The first-order valence-electron chi connectivity index (χ1n) is 10.1. The minimum Gasteiger partial charge on any atom is -0.393 e. The van der Waals surface area contributed by atoms with Gasteiger partial charge >= 0.3 is 6.18 Å². The second kappa shape index (κ2) is 7.64. The van der Waals surface area contributed by atoms with Gasteiger partial charge in [0.05, 0.1) is 47.6 Å². The van der Waals surface area contributed by atoms with E-state index in [1.807, 2.05) is 12.1 Å². The lowest BCUT2D eigenvalue weighted by Gasteiger charge is -2.35. The van der Waals surface area contributed by atoms with Crippen molar-refractivity contribution in [1.29, 1.82) is 0 Å². The number of nitrogens with zero attached hydrogens (tertiary/aromatic N) is 5. The Balaban J connectivity index is 1.52. The van der Waals surface area contributed by atoms with Gasteiger partial charge in [0.1, 0.15) is 5.69 Å². The molecule has 1 saturated carbocycles. The van der Waals surface area contributed by atoms with Crippen LogP contribution >= 0.6 is 0 Å². The number of pyridine rings is 1. The Labute approximate surface area is 180 Å². The molecule has 1 aliphatic rings. The van der Waals surface area contributed by atoms with Crippen molar-refractivity contribution in [3.05, 3.63) is 66.4 Å². The predicted molar refractivity (Wildman–Crippen MR) is 111 cm³/mol. The van der Waals surface area contributed by atoms with E-state index in [1.54, 1.807) is 24.7 Å². The van der Waals surface area contributed by atoms with E-state index < -0.39 is 11.9 Å². The van der Waals surface area contributed by atoms with Gasteiger partial charge in [0.15, 0.2) is 5.82 Å². The van der Waals surface area contributed by atoms with Gasteiger partial charge in [-0.2, -0.15) is 18.3 Å². The molecule has 1 aromatic carbocycles. The summed E-state index contributed by atoms with van der Waals surface area (Å²) in [6, 6.07) is 8.83. The highest BCUT2D eigenvalue weighted by Gasteiger charge is 2.34. The number of halogens is 3. The van der Waals surface area contributed by atoms with E-state index in [2.05, 4.69) is 20.1 Å². The molecule has 4 aromatic rings. The molecule has 0 amide bonds. The van der Waals surface area contributed by atoms with E-state index >= 15 is 0 Å². The number of rotatable bonds is 4. The van der Waals surface area contributed by atoms with Crippen LogP contribution in [0.25, 0.3) is 28.0 Å². The van der Waals surface area contributed by atoms with Gasteiger partial charge in [0.2, 0.25) is 0 Å². The molecule has 10 heteroatoms. The van der Waals surface area contributed by atoms with Crippen LogP contribution in [0, 0.1) is 5.92 Å². The van der Waals surface area contributed by atoms with Crippen molar-refractivity contribution in [2.45, 2.75) is 31.2 Å². The summed E-state index contributed by atoms with van der Waals surface area (Å²) < 4.78 is 40.6. The Hall–Kier alpha value is -3.37. The molecule has 0 aliphatic heterocycles. The lowest BCUT2D eigenvalue weighted by atomic mass is 9.76. The maximum Gasteiger partial charge on any atom is 0.433 e. The Morgan fingerprint density at radius 2 is 1.88 bits per heavy atom. The van der Waals surface area contributed by atoms with Gasteiger partial charge in [-0.1, -0.05) is 18.2 Å². The highest BCUT2D eigenvalue weighted by molar-refractivity contribution is 5.84. The third-order valence-electron chi connectivity index (χ3n) is 5.76. The van der Waals surface area contributed by atoms with Crippen LogP contribution in [0.1, 0.15) is 30.3 Å². The Kier molecular flexibility index (Phi) is 4.90. The quantitative estimate of drug-likeness (QED) is 0.502. The summed E-state index contributed by atoms with van der Waals surface area (Å²) in [5, 5.41) is 14.5. The third kappa shape index (κ3) is 3.71. The number of fused-ring (bicyclic) bond motifs is 1. The zero-order valence-electron chi connectivity index (χ0n) is 16.7. The summed E-state index contributed by atoms with van der Waals surface area (Å²) in [6.07, 6.45) is 1.22. The number of alkyl halides is 3. The molecule has 3 aromatic heterocycles. The molecule has 5 rings (SSSR count). The van der Waals surface area contributed by atoms with Gasteiger partial charge in [-0.3, -0.25) is 4.98 Å². The highest BCUT2D eigenvalue weighted by atomic mass is 19.4. The van der Waals surface area contributed by atoms with Gasteiger partial charge in [-0.25, -0.2) is 14.6 Å². The topological polar surface area (TPSA) is 103 Å². The average Bonchev–Trinajstić information content (AvgIpc) is 3.19. The van der Waals surface area contributed by atoms with E-state index in [9.17, 15) is 18.3 Å². The maximum absolute atomic E-state index is 13.1. The summed E-state index contributed by atoms with van der Waals surface area (Å²) in [5.41, 5.74) is 7.86. The molecule has 32 heavy (non-hydrogen) atoms. The number of aromatic nitrogens is 5. The summed E-state index contributed by atoms with van der Waals surface area (Å²) in [7, 11) is 0. The normalized spacial score (nSPS) is 19.7. The average molecular weight is 440 g/mol. The fourth-order valence-corrected chi connectivity index (χ4v) is 3.90. The van der Waals surface area contributed by atoms with Crippen LogP contribution in [0.2, 0.25) is 0 Å². The smallest absolute Gasteiger partial charge is 0.393 e. The van der Waals surface area contributed by atoms with Gasteiger partial charge in [0, 0.05) is 10.9 Å². The monoisotopic (exact) mass is 440 g/mol. The van der Waals surface area contributed by atoms with Crippen LogP contribution in [0.3, 0.4) is 0 Å². The Morgan fingerprint density at radius 3 is 2.62 bits per heavy atom. The highest BCUT2D eigenvalue weighted by Crippen LogP contribution is 2.36. The van der Waals surface area contributed by atoms with Crippen molar-refractivity contribution in [2.24, 2.45) is 11.7 Å². The minimum atomic E-state index is -4.55. The van der Waals surface area contributed by atoms with Gasteiger partial charge in [-0.05, 0) is 37.0 Å². The largest absolute Gasteiger partial charge is 0.433 e. The Morgan fingerprint density at radius 1 is 1.06 bits per heavy atom. The number of benzene rings is 1. The van der Waals surface area contributed by atoms with E-state index in [4.69, 9.17) is 5.73 Å². The van der Waals surface area contributed by atoms with Crippen LogP contribution in [-0.2, 0) is 6.18 Å². The van der Waals surface area contributed by atoms with Crippen LogP contribution < -0.4 is 5.73 Å². The predicted octanol–water partition coefficient (Wildman–Crippen LogP) is 3.67.